The van der Waals surface area contributed by atoms with Gasteiger partial charge in [0, 0.05) is 12.8 Å². The molecule has 0 bridgehead atoms. The normalized spacial score (nSPS) is 17.6. The number of benzene rings is 1. The van der Waals surface area contributed by atoms with Crippen LogP contribution in [0, 0.1) is 0 Å². The summed E-state index contributed by atoms with van der Waals surface area (Å²) in [4.78, 5) is 12.2. The minimum atomic E-state index is -0.0431. The molecule has 1 aromatic carbocycles. The van der Waals surface area contributed by atoms with Gasteiger partial charge >= 0.3 is 0 Å². The van der Waals surface area contributed by atoms with Crippen LogP contribution in [0.3, 0.4) is 0 Å². The van der Waals surface area contributed by atoms with Gasteiger partial charge in [0.05, 0.1) is 12.3 Å². The van der Waals surface area contributed by atoms with Crippen LogP contribution >= 0.6 is 0 Å². The molecule has 1 amide bonds. The minimum Gasteiger partial charge on any atom is -0.463 e. The Morgan fingerprint density at radius 2 is 2.05 bits per heavy atom. The second-order valence-electron chi connectivity index (χ2n) is 5.43. The van der Waals surface area contributed by atoms with Gasteiger partial charge in [0.15, 0.2) is 0 Å². The summed E-state index contributed by atoms with van der Waals surface area (Å²) >= 11 is 0. The molecule has 0 N–H and O–H groups in total. The monoisotopic (exact) mass is 296 g/mol. The van der Waals surface area contributed by atoms with Crippen molar-refractivity contribution in [1.29, 1.82) is 0 Å². The van der Waals surface area contributed by atoms with E-state index in [4.69, 9.17) is 4.42 Å². The Kier molecular flexibility index (Phi) is 4.09. The van der Waals surface area contributed by atoms with Gasteiger partial charge in [0.2, 0.25) is 5.91 Å². The zero-order chi connectivity index (χ0) is 15.5. The first-order valence-corrected chi connectivity index (χ1v) is 7.75. The number of nitrogens with zero attached hydrogens (tertiary/aromatic N) is 2. The van der Waals surface area contributed by atoms with Crippen LogP contribution in [0.15, 0.2) is 52.2 Å². The zero-order valence-electron chi connectivity index (χ0n) is 13.0. The summed E-state index contributed by atoms with van der Waals surface area (Å²) in [5.41, 5.74) is 3.24. The summed E-state index contributed by atoms with van der Waals surface area (Å²) < 4.78 is 5.43. The quantitative estimate of drug-likeness (QED) is 0.858. The third-order valence-corrected chi connectivity index (χ3v) is 4.05. The topological polar surface area (TPSA) is 45.8 Å². The van der Waals surface area contributed by atoms with Crippen LogP contribution in [0.1, 0.15) is 49.6 Å². The molecule has 1 aliphatic heterocycles. The number of hydrogen-bond donors (Lipinski definition) is 0. The van der Waals surface area contributed by atoms with Crippen LogP contribution in [-0.2, 0) is 11.2 Å². The van der Waals surface area contributed by atoms with E-state index in [1.807, 2.05) is 19.1 Å². The number of rotatable bonds is 4. The molecule has 0 fully saturated rings. The fraction of sp³-hybridized carbons (Fsp3) is 0.333. The summed E-state index contributed by atoms with van der Waals surface area (Å²) in [5.74, 6) is 0.771. The molecule has 2 aromatic rings. The van der Waals surface area contributed by atoms with Crippen molar-refractivity contribution in [3.8, 4) is 0 Å². The predicted octanol–water partition coefficient (Wildman–Crippen LogP) is 3.93. The van der Waals surface area contributed by atoms with E-state index in [1.54, 1.807) is 11.3 Å². The highest BCUT2D eigenvalue weighted by Gasteiger charge is 2.33. The van der Waals surface area contributed by atoms with Crippen LogP contribution in [0.5, 0.6) is 0 Å². The Hall–Kier alpha value is -2.36. The minimum absolute atomic E-state index is 0.0334. The average molecular weight is 296 g/mol. The van der Waals surface area contributed by atoms with E-state index in [0.29, 0.717) is 12.8 Å². The lowest BCUT2D eigenvalue weighted by atomic mass is 9.99. The van der Waals surface area contributed by atoms with Gasteiger partial charge in [-0.2, -0.15) is 5.10 Å². The van der Waals surface area contributed by atoms with Crippen molar-refractivity contribution in [1.82, 2.24) is 5.01 Å². The molecule has 4 heteroatoms. The highest BCUT2D eigenvalue weighted by atomic mass is 16.3. The number of hydrogen-bond acceptors (Lipinski definition) is 3. The first-order chi connectivity index (χ1) is 10.7. The maximum absolute atomic E-state index is 12.2. The predicted molar refractivity (Wildman–Crippen MR) is 85.6 cm³/mol. The Labute approximate surface area is 130 Å². The lowest BCUT2D eigenvalue weighted by Gasteiger charge is -2.21. The Morgan fingerprint density at radius 3 is 2.64 bits per heavy atom. The maximum Gasteiger partial charge on any atom is 0.242 e. The molecule has 2 heterocycles. The number of furan rings is 1. The molecule has 0 saturated carbocycles. The average Bonchev–Trinajstić information content (AvgIpc) is 3.23. The molecule has 22 heavy (non-hydrogen) atoms. The van der Waals surface area contributed by atoms with Gasteiger partial charge in [-0.25, -0.2) is 5.01 Å². The zero-order valence-corrected chi connectivity index (χ0v) is 13.0. The van der Waals surface area contributed by atoms with E-state index >= 15 is 0 Å². The first kappa shape index (κ1) is 14.6. The van der Waals surface area contributed by atoms with E-state index in [2.05, 4.69) is 36.3 Å². The van der Waals surface area contributed by atoms with Gasteiger partial charge in [-0.15, -0.1) is 0 Å². The van der Waals surface area contributed by atoms with Crippen LogP contribution in [0.25, 0.3) is 0 Å². The number of carbonyl (C=O) groups is 1. The largest absolute Gasteiger partial charge is 0.463 e. The molecule has 3 rings (SSSR count). The van der Waals surface area contributed by atoms with Gasteiger partial charge in [-0.1, -0.05) is 38.1 Å². The van der Waals surface area contributed by atoms with Gasteiger partial charge in [0.1, 0.15) is 11.5 Å². The molecule has 0 aliphatic carbocycles. The standard InChI is InChI=1S/C18H20N2O2/c1-3-13-7-9-14(10-8-13)16-12-15(17-6-5-11-22-17)19-20(16)18(21)4-2/h5-11,16H,3-4,12H2,1-2H3/t16-/m0/s1. The van der Waals surface area contributed by atoms with Crippen molar-refractivity contribution in [2.45, 2.75) is 39.2 Å². The molecule has 0 spiro atoms. The SMILES string of the molecule is CCC(=O)N1N=C(c2ccco2)C[C@H]1c1ccc(CC)cc1. The van der Waals surface area contributed by atoms with E-state index < -0.39 is 0 Å². The number of aryl methyl sites for hydroxylation is 1. The smallest absolute Gasteiger partial charge is 0.242 e. The van der Waals surface area contributed by atoms with Crippen LogP contribution in [0.4, 0.5) is 0 Å². The summed E-state index contributed by atoms with van der Waals surface area (Å²) in [5, 5.41) is 6.12. The summed E-state index contributed by atoms with van der Waals surface area (Å²) in [7, 11) is 0. The van der Waals surface area contributed by atoms with Crippen molar-refractivity contribution in [2.24, 2.45) is 5.10 Å². The Morgan fingerprint density at radius 1 is 1.27 bits per heavy atom. The summed E-state index contributed by atoms with van der Waals surface area (Å²) in [6, 6.07) is 12.1. The summed E-state index contributed by atoms with van der Waals surface area (Å²) in [6.45, 7) is 4.00. The summed E-state index contributed by atoms with van der Waals surface area (Å²) in [6.07, 6.45) is 3.77. The molecule has 1 aromatic heterocycles. The van der Waals surface area contributed by atoms with Crippen LogP contribution in [-0.4, -0.2) is 16.6 Å². The van der Waals surface area contributed by atoms with Gasteiger partial charge in [0.25, 0.3) is 0 Å². The number of carbonyl (C=O) groups excluding carboxylic acids is 1. The van der Waals surface area contributed by atoms with Gasteiger partial charge in [-0.3, -0.25) is 4.79 Å². The lowest BCUT2D eigenvalue weighted by molar-refractivity contribution is -0.132. The van der Waals surface area contributed by atoms with Crippen molar-refractivity contribution < 1.29 is 9.21 Å². The van der Waals surface area contributed by atoms with Crippen molar-refractivity contribution >= 4 is 11.6 Å². The maximum atomic E-state index is 12.2. The van der Waals surface area contributed by atoms with E-state index in [-0.39, 0.29) is 11.9 Å². The molecule has 0 radical (unpaired) electrons. The Balaban J connectivity index is 1.91. The van der Waals surface area contributed by atoms with Gasteiger partial charge in [-0.05, 0) is 29.7 Å². The van der Waals surface area contributed by atoms with Crippen LogP contribution in [0.2, 0.25) is 0 Å². The van der Waals surface area contributed by atoms with E-state index in [1.165, 1.54) is 5.56 Å². The highest BCUT2D eigenvalue weighted by Crippen LogP contribution is 2.33. The fourth-order valence-electron chi connectivity index (χ4n) is 2.73. The first-order valence-electron chi connectivity index (χ1n) is 7.75. The molecule has 4 nitrogen and oxygen atoms in total. The molecule has 1 aliphatic rings. The second kappa shape index (κ2) is 6.18. The molecule has 0 unspecified atom stereocenters. The highest BCUT2D eigenvalue weighted by molar-refractivity contribution is 6.01. The third-order valence-electron chi connectivity index (χ3n) is 4.05. The fourth-order valence-corrected chi connectivity index (χ4v) is 2.73. The van der Waals surface area contributed by atoms with Crippen molar-refractivity contribution in [3.05, 3.63) is 59.5 Å². The Bertz CT molecular complexity index is 672. The molecule has 0 saturated heterocycles. The van der Waals surface area contributed by atoms with Crippen molar-refractivity contribution in [3.63, 3.8) is 0 Å². The van der Waals surface area contributed by atoms with Crippen LogP contribution < -0.4 is 0 Å². The van der Waals surface area contributed by atoms with Crippen molar-refractivity contribution in [2.75, 3.05) is 0 Å². The lowest BCUT2D eigenvalue weighted by Crippen LogP contribution is -2.26. The molecule has 1 atom stereocenters. The molecular weight excluding hydrogens is 276 g/mol. The third kappa shape index (κ3) is 2.69. The second-order valence-corrected chi connectivity index (χ2v) is 5.43. The molecule has 114 valence electrons. The van der Waals surface area contributed by atoms with E-state index in [0.717, 1.165) is 23.5 Å². The van der Waals surface area contributed by atoms with Gasteiger partial charge < -0.3 is 4.42 Å². The number of amides is 1. The number of hydrazone groups is 1. The van der Waals surface area contributed by atoms with E-state index in [9.17, 15) is 4.79 Å². The molecular formula is C18H20N2O2.